The summed E-state index contributed by atoms with van der Waals surface area (Å²) in [4.78, 5) is 16.5. The van der Waals surface area contributed by atoms with Crippen LogP contribution >= 0.6 is 8.60 Å². The van der Waals surface area contributed by atoms with Crippen molar-refractivity contribution >= 4 is 8.60 Å². The summed E-state index contributed by atoms with van der Waals surface area (Å²) in [5.41, 5.74) is 3.65. The van der Waals surface area contributed by atoms with Gasteiger partial charge in [0.1, 0.15) is 5.75 Å². The molecule has 0 spiro atoms. The van der Waals surface area contributed by atoms with Crippen LogP contribution in [0.4, 0.5) is 0 Å². The molecule has 1 aromatic rings. The quantitative estimate of drug-likeness (QED) is 0.458. The van der Waals surface area contributed by atoms with E-state index in [4.69, 9.17) is 9.79 Å². The van der Waals surface area contributed by atoms with Gasteiger partial charge in [0.2, 0.25) is 0 Å². The molecule has 0 radical (unpaired) electrons. The Morgan fingerprint density at radius 3 is 1.80 bits per heavy atom. The second-order valence-electron chi connectivity index (χ2n) is 8.44. The molecular formula is C20H37O4P. The van der Waals surface area contributed by atoms with Crippen molar-refractivity contribution in [1.82, 2.24) is 0 Å². The van der Waals surface area contributed by atoms with Crippen molar-refractivity contribution in [2.45, 2.75) is 85.5 Å². The molecule has 3 N–H and O–H groups in total. The van der Waals surface area contributed by atoms with E-state index < -0.39 is 8.60 Å². The van der Waals surface area contributed by atoms with Gasteiger partial charge >= 0.3 is 8.60 Å². The van der Waals surface area contributed by atoms with E-state index >= 15 is 0 Å². The van der Waals surface area contributed by atoms with Crippen LogP contribution in [0.2, 0.25) is 0 Å². The number of phenols is 1. The van der Waals surface area contributed by atoms with Gasteiger partial charge in [-0.05, 0) is 41.4 Å². The standard InChI is InChI=1S/C15H24O.C5H13O3P/c1-10-8-9-11(16)13(15(5,6)7)12(10)14(2,3)4;1-2-3-4-5-8-9(6)7/h8-9,16H,1-7H3;6-7H,2-5H2,1H3. The van der Waals surface area contributed by atoms with Crippen molar-refractivity contribution in [1.29, 1.82) is 0 Å². The monoisotopic (exact) mass is 372 g/mol. The van der Waals surface area contributed by atoms with Crippen LogP contribution in [0.1, 0.15) is 84.4 Å². The Morgan fingerprint density at radius 1 is 0.920 bits per heavy atom. The van der Waals surface area contributed by atoms with Crippen LogP contribution in [0.15, 0.2) is 12.1 Å². The van der Waals surface area contributed by atoms with Gasteiger partial charge in [0.05, 0.1) is 6.61 Å². The summed E-state index contributed by atoms with van der Waals surface area (Å²) >= 11 is 0. The van der Waals surface area contributed by atoms with Crippen molar-refractivity contribution < 1.29 is 19.4 Å². The number of rotatable bonds is 5. The van der Waals surface area contributed by atoms with Crippen molar-refractivity contribution in [2.24, 2.45) is 0 Å². The molecule has 0 aliphatic carbocycles. The first-order valence-electron chi connectivity index (χ1n) is 8.96. The lowest BCUT2D eigenvalue weighted by Gasteiger charge is -2.32. The molecule has 0 aromatic heterocycles. The van der Waals surface area contributed by atoms with Crippen molar-refractivity contribution in [3.8, 4) is 5.75 Å². The molecule has 146 valence electrons. The molecule has 0 saturated carbocycles. The minimum Gasteiger partial charge on any atom is -0.508 e. The zero-order valence-corrected chi connectivity index (χ0v) is 18.1. The summed E-state index contributed by atoms with van der Waals surface area (Å²) in [6.07, 6.45) is 3.12. The summed E-state index contributed by atoms with van der Waals surface area (Å²) in [5.74, 6) is 0.419. The van der Waals surface area contributed by atoms with Crippen LogP contribution in [0.5, 0.6) is 5.75 Å². The largest absolute Gasteiger partial charge is 0.508 e. The molecule has 0 heterocycles. The Hall–Kier alpha value is -0.670. The molecule has 0 aliphatic heterocycles. The number of hydrogen-bond acceptors (Lipinski definition) is 4. The fraction of sp³-hybridized carbons (Fsp3) is 0.700. The summed E-state index contributed by atoms with van der Waals surface area (Å²) in [6, 6.07) is 3.82. The van der Waals surface area contributed by atoms with E-state index in [0.717, 1.165) is 24.8 Å². The highest BCUT2D eigenvalue weighted by molar-refractivity contribution is 7.39. The molecule has 0 atom stereocenters. The van der Waals surface area contributed by atoms with Crippen LogP contribution < -0.4 is 0 Å². The van der Waals surface area contributed by atoms with E-state index in [0.29, 0.717) is 12.4 Å². The highest BCUT2D eigenvalue weighted by Crippen LogP contribution is 2.40. The van der Waals surface area contributed by atoms with Gasteiger partial charge in [-0.25, -0.2) is 0 Å². The first kappa shape index (κ1) is 24.3. The topological polar surface area (TPSA) is 69.9 Å². The van der Waals surface area contributed by atoms with Gasteiger partial charge in [0.15, 0.2) is 0 Å². The third kappa shape index (κ3) is 9.01. The Kier molecular flexibility index (Phi) is 10.2. The SMILES string of the molecule is CCCCCOP(O)O.Cc1ccc(O)c(C(C)(C)C)c1C(C)(C)C. The summed E-state index contributed by atoms with van der Waals surface area (Å²) in [6.45, 7) is 17.7. The van der Waals surface area contributed by atoms with Crippen LogP contribution in [0.25, 0.3) is 0 Å². The number of hydrogen-bond donors (Lipinski definition) is 3. The van der Waals surface area contributed by atoms with Crippen molar-refractivity contribution in [3.05, 3.63) is 28.8 Å². The van der Waals surface area contributed by atoms with Gasteiger partial charge in [-0.15, -0.1) is 0 Å². The van der Waals surface area contributed by atoms with E-state index in [9.17, 15) is 5.11 Å². The molecule has 0 aliphatic rings. The van der Waals surface area contributed by atoms with Crippen LogP contribution in [-0.4, -0.2) is 21.5 Å². The normalized spacial score (nSPS) is 12.1. The number of aryl methyl sites for hydroxylation is 1. The molecule has 0 bridgehead atoms. The number of unbranched alkanes of at least 4 members (excludes halogenated alkanes) is 2. The molecule has 1 rings (SSSR count). The van der Waals surface area contributed by atoms with E-state index in [2.05, 4.69) is 59.9 Å². The maximum Gasteiger partial charge on any atom is 0.327 e. The maximum atomic E-state index is 10.1. The molecular weight excluding hydrogens is 335 g/mol. The summed E-state index contributed by atoms with van der Waals surface area (Å²) in [7, 11) is -2.12. The van der Waals surface area contributed by atoms with E-state index in [1.54, 1.807) is 0 Å². The van der Waals surface area contributed by atoms with E-state index in [-0.39, 0.29) is 10.8 Å². The highest BCUT2D eigenvalue weighted by atomic mass is 31.2. The average molecular weight is 372 g/mol. The second-order valence-corrected chi connectivity index (χ2v) is 9.21. The smallest absolute Gasteiger partial charge is 0.327 e. The third-order valence-electron chi connectivity index (χ3n) is 3.85. The second kappa shape index (κ2) is 10.5. The van der Waals surface area contributed by atoms with Gasteiger partial charge in [-0.2, -0.15) is 0 Å². The van der Waals surface area contributed by atoms with Gasteiger partial charge in [0.25, 0.3) is 0 Å². The number of aromatic hydroxyl groups is 1. The fourth-order valence-corrected chi connectivity index (χ4v) is 3.21. The molecule has 0 saturated heterocycles. The van der Waals surface area contributed by atoms with Crippen LogP contribution in [-0.2, 0) is 15.4 Å². The van der Waals surface area contributed by atoms with Crippen LogP contribution in [0.3, 0.4) is 0 Å². The fourth-order valence-electron chi connectivity index (χ4n) is 2.92. The molecule has 5 heteroatoms. The van der Waals surface area contributed by atoms with Gasteiger partial charge in [-0.3, -0.25) is 0 Å². The lowest BCUT2D eigenvalue weighted by Crippen LogP contribution is -2.23. The van der Waals surface area contributed by atoms with Crippen molar-refractivity contribution in [3.63, 3.8) is 0 Å². The Morgan fingerprint density at radius 2 is 1.44 bits per heavy atom. The average Bonchev–Trinajstić information content (AvgIpc) is 2.44. The minimum absolute atomic E-state index is 0.0291. The number of phenolic OH excluding ortho intramolecular Hbond substituents is 1. The van der Waals surface area contributed by atoms with E-state index in [1.165, 1.54) is 11.1 Å². The third-order valence-corrected chi connectivity index (χ3v) is 4.26. The Labute approximate surface area is 155 Å². The van der Waals surface area contributed by atoms with Gasteiger partial charge in [-0.1, -0.05) is 67.4 Å². The molecule has 4 nitrogen and oxygen atoms in total. The predicted octanol–water partition coefficient (Wildman–Crippen LogP) is 5.70. The Bertz CT molecular complexity index is 475. The molecule has 0 fully saturated rings. The first-order valence-corrected chi connectivity index (χ1v) is 10.1. The molecule has 1 aromatic carbocycles. The maximum absolute atomic E-state index is 10.1. The van der Waals surface area contributed by atoms with E-state index in [1.807, 2.05) is 12.1 Å². The zero-order chi connectivity index (χ0) is 19.8. The van der Waals surface area contributed by atoms with Crippen LogP contribution in [0, 0.1) is 6.92 Å². The predicted molar refractivity (Wildman–Crippen MR) is 107 cm³/mol. The zero-order valence-electron chi connectivity index (χ0n) is 17.2. The number of benzene rings is 1. The minimum atomic E-state index is -2.12. The van der Waals surface area contributed by atoms with Crippen molar-refractivity contribution in [2.75, 3.05) is 6.61 Å². The lowest BCUT2D eigenvalue weighted by atomic mass is 9.73. The molecule has 0 amide bonds. The highest BCUT2D eigenvalue weighted by Gasteiger charge is 2.29. The van der Waals surface area contributed by atoms with Gasteiger partial charge in [0, 0.05) is 5.56 Å². The molecule has 25 heavy (non-hydrogen) atoms. The Balaban J connectivity index is 0.000000547. The first-order chi connectivity index (χ1) is 11.3. The summed E-state index contributed by atoms with van der Waals surface area (Å²) < 4.78 is 4.52. The van der Waals surface area contributed by atoms with Gasteiger partial charge < -0.3 is 19.4 Å². The lowest BCUT2D eigenvalue weighted by molar-refractivity contribution is 0.249. The molecule has 0 unspecified atom stereocenters. The summed E-state index contributed by atoms with van der Waals surface area (Å²) in [5, 5.41) is 10.1.